The largest absolute Gasteiger partial charge is 0.480 e. The Morgan fingerprint density at radius 3 is 0.750 bits per heavy atom. The maximum atomic E-state index is 11.0. The molecule has 188 valence electrons. The molecule has 0 aliphatic carbocycles. The van der Waals surface area contributed by atoms with E-state index in [0.29, 0.717) is 0 Å². The van der Waals surface area contributed by atoms with Crippen LogP contribution in [-0.2, 0) is 101 Å². The summed E-state index contributed by atoms with van der Waals surface area (Å²) in [6, 6.07) is 0. The van der Waals surface area contributed by atoms with Crippen LogP contribution in [-0.4, -0.2) is 116 Å². The van der Waals surface area contributed by atoms with E-state index >= 15 is 0 Å². The Kier molecular flexibility index (Phi) is 27.1. The number of carbonyl (C=O) groups is 4. The van der Waals surface area contributed by atoms with Gasteiger partial charge in [0, 0.05) is 81.7 Å². The summed E-state index contributed by atoms with van der Waals surface area (Å²) in [5.41, 5.74) is 0. The number of carboxylic acids is 4. The van der Waals surface area contributed by atoms with Crippen molar-refractivity contribution >= 4 is 23.9 Å². The van der Waals surface area contributed by atoms with Crippen LogP contribution in [0, 0.1) is 26.2 Å². The van der Waals surface area contributed by atoms with E-state index in [2.05, 4.69) is 0 Å². The summed E-state index contributed by atoms with van der Waals surface area (Å²) in [6.45, 7) is 5.04. The smallest absolute Gasteiger partial charge is 0.315 e. The van der Waals surface area contributed by atoms with Crippen molar-refractivity contribution < 1.29 is 121 Å². The molecule has 1 aliphatic heterocycles. The maximum absolute atomic E-state index is 11.0. The van der Waals surface area contributed by atoms with Crippen LogP contribution in [0.25, 0.3) is 0 Å². The summed E-state index contributed by atoms with van der Waals surface area (Å²) >= 11 is 0. The predicted octanol–water partition coefficient (Wildman–Crippen LogP) is -1.82. The van der Waals surface area contributed by atoms with Gasteiger partial charge in [-0.05, 0) is 0 Å². The van der Waals surface area contributed by atoms with Crippen molar-refractivity contribution in [1.82, 2.24) is 19.6 Å². The molecule has 0 amide bonds. The number of aliphatic carboxylic acids is 4. The molecular weight excluding hydrogens is 1120 g/mol. The monoisotopic (exact) mass is 1150 g/mol. The van der Waals surface area contributed by atoms with Gasteiger partial charge in [-0.25, -0.2) is 0 Å². The van der Waals surface area contributed by atoms with Gasteiger partial charge in [0.25, 0.3) is 0 Å². The van der Waals surface area contributed by atoms with Crippen molar-refractivity contribution in [2.75, 3.05) is 52.4 Å². The quantitative estimate of drug-likeness (QED) is 0.202. The van der Waals surface area contributed by atoms with Crippen molar-refractivity contribution in [1.29, 1.82) is 0 Å². The van der Waals surface area contributed by atoms with E-state index in [0.717, 1.165) is 0 Å². The van der Waals surface area contributed by atoms with Crippen LogP contribution in [0.4, 0.5) is 0 Å². The second kappa shape index (κ2) is 21.9. The first-order chi connectivity index (χ1) is 13.2. The van der Waals surface area contributed by atoms with E-state index in [4.69, 9.17) is 20.4 Å². The van der Waals surface area contributed by atoms with Gasteiger partial charge in [-0.15, -0.1) is 26.2 Å². The van der Waals surface area contributed by atoms with Gasteiger partial charge < -0.3 is 40.0 Å². The Hall–Kier alpha value is 0.369. The van der Waals surface area contributed by atoms with Crippen LogP contribution in [0.3, 0.4) is 0 Å². The summed E-state index contributed by atoms with van der Waals surface area (Å²) in [7, 11) is 0. The fourth-order valence-corrected chi connectivity index (χ4v) is 2.39. The maximum Gasteiger partial charge on any atom is 0.315 e. The normalized spacial score (nSPS) is 17.0. The topological polar surface area (TPSA) is 162 Å². The molecular formula is C16H24N4O8Re4-4. The van der Waals surface area contributed by atoms with Gasteiger partial charge >= 0.3 is 23.9 Å². The van der Waals surface area contributed by atoms with Gasteiger partial charge in [-0.2, -0.15) is 0 Å². The molecule has 1 rings (SSSR count). The number of carboxylic acid groups (broad SMARTS) is 4. The fraction of sp³-hybridized carbons (Fsp3) is 0.500. The second-order valence-electron chi connectivity index (χ2n) is 6.02. The summed E-state index contributed by atoms with van der Waals surface area (Å²) < 4.78 is 0. The molecule has 1 aliphatic rings. The van der Waals surface area contributed by atoms with Crippen LogP contribution in [0.15, 0.2) is 0 Å². The van der Waals surface area contributed by atoms with Crippen LogP contribution < -0.4 is 0 Å². The number of nitrogens with zero attached hydrogens (tertiary/aromatic N) is 4. The Balaban J connectivity index is -0.000000980. The molecule has 1 fully saturated rings. The molecule has 0 aromatic rings. The van der Waals surface area contributed by atoms with Crippen LogP contribution >= 0.6 is 0 Å². The van der Waals surface area contributed by atoms with E-state index in [1.54, 1.807) is 0 Å². The van der Waals surface area contributed by atoms with E-state index < -0.39 is 23.9 Å². The minimum absolute atomic E-state index is 0. The standard InChI is InChI=1S/C16H24N4O8.4Re/c21-13(22)9-17-1-2-18(10-14(23)24)5-6-20(12-16(27)28)8-7-19(4-3-17)11-15(25)26;;;;/h1,4-5,8H,2-3,6-7,9-12H2,(H,21,22)(H,23,24)(H,25,26)(H,27,28);;;;/q-4;;;;. The Bertz CT molecular complexity index is 464. The van der Waals surface area contributed by atoms with E-state index in [9.17, 15) is 19.2 Å². The van der Waals surface area contributed by atoms with Gasteiger partial charge in [0.2, 0.25) is 0 Å². The third kappa shape index (κ3) is 19.8. The number of rotatable bonds is 8. The molecule has 0 atom stereocenters. The first-order valence-electron chi connectivity index (χ1n) is 8.32. The average Bonchev–Trinajstić information content (AvgIpc) is 2.55. The number of hydrogen-bond donors (Lipinski definition) is 4. The molecule has 12 nitrogen and oxygen atoms in total. The third-order valence-corrected chi connectivity index (χ3v) is 3.65. The molecule has 1 heterocycles. The van der Waals surface area contributed by atoms with Crippen molar-refractivity contribution in [3.8, 4) is 0 Å². The van der Waals surface area contributed by atoms with E-state index in [1.165, 1.54) is 45.8 Å². The number of hydrogen-bond acceptors (Lipinski definition) is 8. The van der Waals surface area contributed by atoms with Crippen molar-refractivity contribution in [3.05, 3.63) is 26.2 Å². The molecule has 0 unspecified atom stereocenters. The summed E-state index contributed by atoms with van der Waals surface area (Å²) in [6.07, 6.45) is 0. The van der Waals surface area contributed by atoms with Crippen LogP contribution in [0.2, 0.25) is 0 Å². The van der Waals surface area contributed by atoms with Crippen LogP contribution in [0.5, 0.6) is 0 Å². The zero-order chi connectivity index (χ0) is 21.1. The Morgan fingerprint density at radius 2 is 0.625 bits per heavy atom. The van der Waals surface area contributed by atoms with Gasteiger partial charge in [-0.1, -0.05) is 0 Å². The van der Waals surface area contributed by atoms with Crippen molar-refractivity contribution in [2.45, 2.75) is 0 Å². The van der Waals surface area contributed by atoms with Gasteiger partial charge in [0.15, 0.2) is 0 Å². The molecule has 0 aromatic carbocycles. The summed E-state index contributed by atoms with van der Waals surface area (Å²) in [5, 5.41) is 36.1. The average molecular weight is 1150 g/mol. The summed E-state index contributed by atoms with van der Waals surface area (Å²) in [4.78, 5) is 49.9. The molecule has 0 bridgehead atoms. The van der Waals surface area contributed by atoms with Crippen molar-refractivity contribution in [3.63, 3.8) is 0 Å². The molecule has 0 saturated carbocycles. The van der Waals surface area contributed by atoms with Gasteiger partial charge in [-0.3, -0.25) is 45.4 Å². The first kappa shape index (κ1) is 39.6. The van der Waals surface area contributed by atoms with E-state index in [-0.39, 0.29) is 134 Å². The van der Waals surface area contributed by atoms with Crippen molar-refractivity contribution in [2.24, 2.45) is 0 Å². The molecule has 4 N–H and O–H groups in total. The van der Waals surface area contributed by atoms with E-state index in [1.807, 2.05) is 0 Å². The van der Waals surface area contributed by atoms with Gasteiger partial charge in [0.1, 0.15) is 0 Å². The Morgan fingerprint density at radius 1 is 0.469 bits per heavy atom. The van der Waals surface area contributed by atoms with Crippen LogP contribution in [0.1, 0.15) is 0 Å². The molecule has 32 heavy (non-hydrogen) atoms. The SMILES string of the molecule is O=C(O)CN1[CH-]CN(CC(=O)O)[CH-]CN(CC(=O)O)[CH-]CN(CC(=O)O)[CH-]C1.[Re].[Re].[Re].[Re]. The minimum atomic E-state index is -1.09. The second-order valence-corrected chi connectivity index (χ2v) is 6.02. The summed E-state index contributed by atoms with van der Waals surface area (Å²) in [5.74, 6) is -4.35. The Labute approximate surface area is 241 Å². The minimum Gasteiger partial charge on any atom is -0.480 e. The molecule has 0 spiro atoms. The molecule has 16 heteroatoms. The molecule has 0 aromatic heterocycles. The predicted molar refractivity (Wildman–Crippen MR) is 94.0 cm³/mol. The zero-order valence-electron chi connectivity index (χ0n) is 16.7. The fourth-order valence-electron chi connectivity index (χ4n) is 2.39. The molecule has 1 saturated heterocycles. The zero-order valence-corrected chi connectivity index (χ0v) is 27.6. The molecule has 4 radical (unpaired) electrons. The third-order valence-electron chi connectivity index (χ3n) is 3.65. The van der Waals surface area contributed by atoms with Gasteiger partial charge in [0.05, 0.1) is 26.2 Å². The first-order valence-corrected chi connectivity index (χ1v) is 8.32.